The molecule has 1 aliphatic rings. The first-order valence-corrected chi connectivity index (χ1v) is 11.6. The minimum absolute atomic E-state index is 0.318. The molecule has 0 bridgehead atoms. The lowest BCUT2D eigenvalue weighted by Crippen LogP contribution is -2.37. The van der Waals surface area contributed by atoms with Gasteiger partial charge in [0.25, 0.3) is 5.56 Å². The molecule has 0 aliphatic carbocycles. The van der Waals surface area contributed by atoms with Gasteiger partial charge >= 0.3 is 5.69 Å². The third kappa shape index (κ3) is 3.03. The van der Waals surface area contributed by atoms with Crippen LogP contribution in [0.2, 0.25) is 0 Å². The molecule has 6 heteroatoms. The van der Waals surface area contributed by atoms with Crippen molar-refractivity contribution in [1.29, 1.82) is 0 Å². The molecule has 0 radical (unpaired) electrons. The van der Waals surface area contributed by atoms with Crippen molar-refractivity contribution in [3.05, 3.63) is 116 Å². The van der Waals surface area contributed by atoms with Crippen LogP contribution in [0.3, 0.4) is 0 Å². The second-order valence-electron chi connectivity index (χ2n) is 9.24. The van der Waals surface area contributed by atoms with Crippen LogP contribution in [0.15, 0.2) is 82.4 Å². The Morgan fingerprint density at radius 2 is 1.49 bits per heavy atom. The highest BCUT2D eigenvalue weighted by Gasteiger charge is 2.36. The van der Waals surface area contributed by atoms with Gasteiger partial charge in [-0.05, 0) is 42.7 Å². The van der Waals surface area contributed by atoms with Crippen LogP contribution < -0.4 is 16.0 Å². The Morgan fingerprint density at radius 1 is 0.800 bits per heavy atom. The van der Waals surface area contributed by atoms with Crippen molar-refractivity contribution < 1.29 is 4.74 Å². The summed E-state index contributed by atoms with van der Waals surface area (Å²) in [6.07, 6.45) is -0.495. The van der Waals surface area contributed by atoms with E-state index in [1.807, 2.05) is 80.6 Å². The first-order valence-electron chi connectivity index (χ1n) is 11.6. The Labute approximate surface area is 202 Å². The van der Waals surface area contributed by atoms with Gasteiger partial charge in [-0.1, -0.05) is 66.2 Å². The third-order valence-electron chi connectivity index (χ3n) is 6.88. The van der Waals surface area contributed by atoms with Crippen molar-refractivity contribution in [1.82, 2.24) is 13.7 Å². The van der Waals surface area contributed by atoms with Crippen LogP contribution >= 0.6 is 0 Å². The van der Waals surface area contributed by atoms with Crippen molar-refractivity contribution >= 4 is 10.9 Å². The maximum atomic E-state index is 13.7. The molecule has 1 aliphatic heterocycles. The zero-order valence-electron chi connectivity index (χ0n) is 20.1. The lowest BCUT2D eigenvalue weighted by atomic mass is 10.0. The van der Waals surface area contributed by atoms with Crippen LogP contribution in [0.5, 0.6) is 5.75 Å². The molecule has 2 aromatic heterocycles. The molecule has 0 saturated heterocycles. The topological polar surface area (TPSA) is 58.2 Å². The van der Waals surface area contributed by atoms with Crippen molar-refractivity contribution in [2.45, 2.75) is 20.0 Å². The monoisotopic (exact) mass is 463 g/mol. The van der Waals surface area contributed by atoms with Crippen LogP contribution in [-0.2, 0) is 14.1 Å². The van der Waals surface area contributed by atoms with Gasteiger partial charge in [0.15, 0.2) is 6.10 Å². The lowest BCUT2D eigenvalue weighted by Gasteiger charge is -2.30. The second-order valence-corrected chi connectivity index (χ2v) is 9.24. The Kier molecular flexibility index (Phi) is 4.61. The van der Waals surface area contributed by atoms with E-state index in [1.165, 1.54) is 11.6 Å². The Hall–Kier alpha value is -4.32. The van der Waals surface area contributed by atoms with Gasteiger partial charge in [0.05, 0.1) is 28.0 Å². The molecular weight excluding hydrogens is 438 g/mol. The van der Waals surface area contributed by atoms with E-state index in [4.69, 9.17) is 4.74 Å². The van der Waals surface area contributed by atoms with Gasteiger partial charge in [-0.15, -0.1) is 0 Å². The molecule has 0 amide bonds. The highest BCUT2D eigenvalue weighted by Crippen LogP contribution is 2.46. The summed E-state index contributed by atoms with van der Waals surface area (Å²) in [6, 6.07) is 24.1. The fourth-order valence-corrected chi connectivity index (χ4v) is 5.11. The van der Waals surface area contributed by atoms with Gasteiger partial charge < -0.3 is 9.30 Å². The maximum Gasteiger partial charge on any atom is 0.331 e. The smallest absolute Gasteiger partial charge is 0.331 e. The minimum atomic E-state index is -0.495. The summed E-state index contributed by atoms with van der Waals surface area (Å²) in [7, 11) is 3.25. The average molecular weight is 464 g/mol. The van der Waals surface area contributed by atoms with Crippen molar-refractivity contribution in [2.24, 2.45) is 14.1 Å². The van der Waals surface area contributed by atoms with Gasteiger partial charge in [-0.25, -0.2) is 4.79 Å². The number of benzene rings is 3. The van der Waals surface area contributed by atoms with Gasteiger partial charge in [0.1, 0.15) is 5.75 Å². The highest BCUT2D eigenvalue weighted by atomic mass is 16.5. The Morgan fingerprint density at radius 3 is 2.20 bits per heavy atom. The summed E-state index contributed by atoms with van der Waals surface area (Å²) in [6.45, 7) is 4.07. The molecule has 3 heterocycles. The number of nitrogens with zero attached hydrogens (tertiary/aromatic N) is 3. The number of fused-ring (bicyclic) bond motifs is 5. The van der Waals surface area contributed by atoms with Gasteiger partial charge in [0, 0.05) is 14.1 Å². The largest absolute Gasteiger partial charge is 0.477 e. The lowest BCUT2D eigenvalue weighted by molar-refractivity contribution is 0.229. The molecule has 1 atom stereocenters. The molecule has 1 unspecified atom stereocenters. The molecule has 6 nitrogen and oxygen atoms in total. The zero-order valence-corrected chi connectivity index (χ0v) is 20.1. The Bertz CT molecular complexity index is 1740. The summed E-state index contributed by atoms with van der Waals surface area (Å²) in [5.41, 5.74) is 6.36. The predicted molar refractivity (Wildman–Crippen MR) is 138 cm³/mol. The van der Waals surface area contributed by atoms with Crippen LogP contribution in [0, 0.1) is 13.8 Å². The van der Waals surface area contributed by atoms with Crippen LogP contribution in [-0.4, -0.2) is 13.7 Å². The molecule has 5 aromatic rings. The van der Waals surface area contributed by atoms with Crippen LogP contribution in [0.4, 0.5) is 0 Å². The number of aromatic nitrogens is 3. The molecule has 0 fully saturated rings. The van der Waals surface area contributed by atoms with Gasteiger partial charge in [0.2, 0.25) is 0 Å². The maximum absolute atomic E-state index is 13.7. The van der Waals surface area contributed by atoms with E-state index in [0.717, 1.165) is 45.1 Å². The van der Waals surface area contributed by atoms with E-state index in [9.17, 15) is 9.59 Å². The summed E-state index contributed by atoms with van der Waals surface area (Å²) in [5, 5.41) is 0.507. The fraction of sp³-hybridized carbons (Fsp3) is 0.172. The van der Waals surface area contributed by atoms with Gasteiger partial charge in [-0.3, -0.25) is 13.9 Å². The summed E-state index contributed by atoms with van der Waals surface area (Å²) in [4.78, 5) is 26.8. The Balaban J connectivity index is 1.88. The van der Waals surface area contributed by atoms with Crippen molar-refractivity contribution in [3.63, 3.8) is 0 Å². The predicted octanol–water partition coefficient (Wildman–Crippen LogP) is 4.79. The third-order valence-corrected chi connectivity index (χ3v) is 6.88. The second kappa shape index (κ2) is 7.60. The van der Waals surface area contributed by atoms with E-state index in [1.54, 1.807) is 11.6 Å². The van der Waals surface area contributed by atoms with Crippen molar-refractivity contribution in [2.75, 3.05) is 0 Å². The molecule has 3 aromatic carbocycles. The summed E-state index contributed by atoms with van der Waals surface area (Å²) < 4.78 is 11.5. The number of ether oxygens (including phenoxy) is 1. The van der Waals surface area contributed by atoms with E-state index in [-0.39, 0.29) is 11.2 Å². The SMILES string of the molecule is Cc1ccc(-c2c3c(=O)n(C)c(=O)n(C)c3c3n2-c2cc(C)ccc2OC3c2ccccc2)cc1. The summed E-state index contributed by atoms with van der Waals surface area (Å²) in [5.74, 6) is 0.729. The number of hydrogen-bond donors (Lipinski definition) is 0. The van der Waals surface area contributed by atoms with Crippen LogP contribution in [0.25, 0.3) is 27.8 Å². The normalized spacial score (nSPS) is 14.5. The van der Waals surface area contributed by atoms with Crippen molar-refractivity contribution in [3.8, 4) is 22.7 Å². The molecule has 0 spiro atoms. The van der Waals surface area contributed by atoms with E-state index in [2.05, 4.69) is 10.6 Å². The summed E-state index contributed by atoms with van der Waals surface area (Å²) >= 11 is 0. The minimum Gasteiger partial charge on any atom is -0.477 e. The van der Waals surface area contributed by atoms with E-state index >= 15 is 0 Å². The molecule has 0 N–H and O–H groups in total. The molecule has 0 saturated carbocycles. The fourth-order valence-electron chi connectivity index (χ4n) is 5.11. The quantitative estimate of drug-likeness (QED) is 0.378. The molecule has 6 rings (SSSR count). The van der Waals surface area contributed by atoms with E-state index < -0.39 is 6.10 Å². The standard InChI is InChI=1S/C29H25N3O3/c1-17-10-13-19(14-11-17)24-23-25(30(3)29(34)31(4)28(23)33)26-27(20-8-6-5-7-9-20)35-22-15-12-18(2)16-21(22)32(24)26/h5-16,27H,1-4H3. The first kappa shape index (κ1) is 21.2. The molecule has 174 valence electrons. The molecule has 35 heavy (non-hydrogen) atoms. The number of aryl methyl sites for hydroxylation is 3. The number of hydrogen-bond acceptors (Lipinski definition) is 3. The van der Waals surface area contributed by atoms with Gasteiger partial charge in [-0.2, -0.15) is 0 Å². The number of rotatable bonds is 2. The average Bonchev–Trinajstić information content (AvgIpc) is 3.23. The highest BCUT2D eigenvalue weighted by molar-refractivity contribution is 5.98. The molecular formula is C29H25N3O3. The first-order chi connectivity index (χ1) is 16.9. The van der Waals surface area contributed by atoms with Crippen LogP contribution in [0.1, 0.15) is 28.5 Å². The zero-order chi connectivity index (χ0) is 24.4. The van der Waals surface area contributed by atoms with E-state index in [0.29, 0.717) is 10.9 Å².